The van der Waals surface area contributed by atoms with E-state index in [1.807, 2.05) is 20.8 Å². The molecule has 0 aliphatic heterocycles. The summed E-state index contributed by atoms with van der Waals surface area (Å²) in [4.78, 5) is 47.4. The molecule has 1 amide bonds. The van der Waals surface area contributed by atoms with Gasteiger partial charge in [-0.3, -0.25) is 18.7 Å². The number of thioether (sulfide) groups is 1. The van der Waals surface area contributed by atoms with Crippen LogP contribution in [0, 0.1) is 18.7 Å². The molecule has 1 aromatic carbocycles. The van der Waals surface area contributed by atoms with Crippen LogP contribution in [-0.4, -0.2) is 30.3 Å². The average molecular weight is 474 g/mol. The summed E-state index contributed by atoms with van der Waals surface area (Å²) in [6.45, 7) is 9.56. The SMILES string of the molecule is Cc1nc(S[C@H](C)C(=O)N[C@@H](C)c2ccc(F)cc2)c2c(=O)n(C)c(=O)n(CC(C)C)c2n1. The van der Waals surface area contributed by atoms with Crippen LogP contribution in [0.4, 0.5) is 4.39 Å². The Morgan fingerprint density at radius 2 is 1.76 bits per heavy atom. The molecule has 1 N–H and O–H groups in total. The maximum absolute atomic E-state index is 13.2. The summed E-state index contributed by atoms with van der Waals surface area (Å²) in [5, 5.41) is 2.90. The Labute approximate surface area is 195 Å². The summed E-state index contributed by atoms with van der Waals surface area (Å²) in [7, 11) is 1.43. The standard InChI is InChI=1S/C23H28FN5O3S/c1-12(2)11-29-19-18(22(31)28(6)23(29)32)21(27-15(5)26-19)33-14(4)20(30)25-13(3)16-7-9-17(24)10-8-16/h7-10,12-14H,11H2,1-6H3,(H,25,30)/t13-,14+/m0/s1. The maximum atomic E-state index is 13.2. The van der Waals surface area contributed by atoms with E-state index in [1.54, 1.807) is 26.0 Å². The highest BCUT2D eigenvalue weighted by atomic mass is 32.2. The fourth-order valence-corrected chi connectivity index (χ4v) is 4.43. The van der Waals surface area contributed by atoms with Crippen molar-refractivity contribution in [2.45, 2.75) is 57.5 Å². The van der Waals surface area contributed by atoms with E-state index in [0.717, 1.165) is 21.9 Å². The Bertz CT molecular complexity index is 1300. The van der Waals surface area contributed by atoms with E-state index >= 15 is 0 Å². The van der Waals surface area contributed by atoms with Crippen molar-refractivity contribution in [1.29, 1.82) is 0 Å². The highest BCUT2D eigenvalue weighted by molar-refractivity contribution is 8.00. The first-order chi connectivity index (χ1) is 15.5. The monoisotopic (exact) mass is 473 g/mol. The summed E-state index contributed by atoms with van der Waals surface area (Å²) >= 11 is 1.14. The molecule has 8 nitrogen and oxygen atoms in total. The molecule has 2 heterocycles. The first-order valence-corrected chi connectivity index (χ1v) is 11.6. The topological polar surface area (TPSA) is 98.9 Å². The summed E-state index contributed by atoms with van der Waals surface area (Å²) in [5.74, 6) is -0.0341. The van der Waals surface area contributed by atoms with Crippen LogP contribution in [0.2, 0.25) is 0 Å². The number of fused-ring (bicyclic) bond motifs is 1. The number of amides is 1. The number of nitrogens with one attached hydrogen (secondary N) is 1. The predicted octanol–water partition coefficient (Wildman–Crippen LogP) is 2.95. The van der Waals surface area contributed by atoms with Gasteiger partial charge in [0.25, 0.3) is 5.56 Å². The minimum absolute atomic E-state index is 0.160. The number of rotatable bonds is 7. The van der Waals surface area contributed by atoms with Crippen LogP contribution in [0.1, 0.15) is 45.1 Å². The van der Waals surface area contributed by atoms with Gasteiger partial charge in [0.15, 0.2) is 5.65 Å². The van der Waals surface area contributed by atoms with Crippen molar-refractivity contribution in [1.82, 2.24) is 24.4 Å². The van der Waals surface area contributed by atoms with Crippen LogP contribution in [0.5, 0.6) is 0 Å². The highest BCUT2D eigenvalue weighted by Crippen LogP contribution is 2.27. The van der Waals surface area contributed by atoms with Crippen molar-refractivity contribution in [3.05, 3.63) is 62.3 Å². The lowest BCUT2D eigenvalue weighted by Crippen LogP contribution is -2.40. The zero-order valence-electron chi connectivity index (χ0n) is 19.5. The number of carbonyl (C=O) groups excluding carboxylic acids is 1. The first-order valence-electron chi connectivity index (χ1n) is 10.7. The van der Waals surface area contributed by atoms with E-state index in [0.29, 0.717) is 17.4 Å². The number of carbonyl (C=O) groups is 1. The van der Waals surface area contributed by atoms with Crippen molar-refractivity contribution in [2.24, 2.45) is 13.0 Å². The molecule has 0 saturated heterocycles. The Morgan fingerprint density at radius 1 is 1.12 bits per heavy atom. The van der Waals surface area contributed by atoms with Gasteiger partial charge >= 0.3 is 5.69 Å². The van der Waals surface area contributed by atoms with E-state index in [-0.39, 0.29) is 34.7 Å². The fraction of sp³-hybridized carbons (Fsp3) is 0.435. The summed E-state index contributed by atoms with van der Waals surface area (Å²) in [6, 6.07) is 5.61. The lowest BCUT2D eigenvalue weighted by molar-refractivity contribution is -0.120. The van der Waals surface area contributed by atoms with Crippen molar-refractivity contribution in [3.63, 3.8) is 0 Å². The highest BCUT2D eigenvalue weighted by Gasteiger charge is 2.23. The molecule has 0 spiro atoms. The van der Waals surface area contributed by atoms with Crippen LogP contribution < -0.4 is 16.6 Å². The first kappa shape index (κ1) is 24.6. The zero-order chi connectivity index (χ0) is 24.4. The molecule has 0 radical (unpaired) electrons. The van der Waals surface area contributed by atoms with Gasteiger partial charge in [-0.15, -0.1) is 0 Å². The Hall–Kier alpha value is -3.01. The van der Waals surface area contributed by atoms with Crippen molar-refractivity contribution < 1.29 is 9.18 Å². The minimum atomic E-state index is -0.583. The van der Waals surface area contributed by atoms with Crippen molar-refractivity contribution in [2.75, 3.05) is 0 Å². The molecule has 0 bridgehead atoms. The fourth-order valence-electron chi connectivity index (χ4n) is 3.44. The molecule has 33 heavy (non-hydrogen) atoms. The summed E-state index contributed by atoms with van der Waals surface area (Å²) < 4.78 is 15.7. The molecule has 0 saturated carbocycles. The Kier molecular flexibility index (Phi) is 7.36. The van der Waals surface area contributed by atoms with Gasteiger partial charge in [0.1, 0.15) is 22.1 Å². The molecule has 0 aliphatic carbocycles. The van der Waals surface area contributed by atoms with Crippen LogP contribution in [0.3, 0.4) is 0 Å². The van der Waals surface area contributed by atoms with Gasteiger partial charge in [0.2, 0.25) is 5.91 Å². The molecule has 3 rings (SSSR count). The molecule has 0 fully saturated rings. The third-order valence-electron chi connectivity index (χ3n) is 5.19. The van der Waals surface area contributed by atoms with Gasteiger partial charge < -0.3 is 5.32 Å². The van der Waals surface area contributed by atoms with Crippen LogP contribution >= 0.6 is 11.8 Å². The lowest BCUT2D eigenvalue weighted by atomic mass is 10.1. The smallest absolute Gasteiger partial charge is 0.332 e. The predicted molar refractivity (Wildman–Crippen MR) is 127 cm³/mol. The van der Waals surface area contributed by atoms with E-state index in [1.165, 1.54) is 23.7 Å². The van der Waals surface area contributed by atoms with Gasteiger partial charge in [0, 0.05) is 13.6 Å². The van der Waals surface area contributed by atoms with Crippen LogP contribution in [0.15, 0.2) is 38.9 Å². The Morgan fingerprint density at radius 3 is 2.36 bits per heavy atom. The second-order valence-electron chi connectivity index (χ2n) is 8.47. The quantitative estimate of drug-likeness (QED) is 0.418. The largest absolute Gasteiger partial charge is 0.349 e. The maximum Gasteiger partial charge on any atom is 0.332 e. The third-order valence-corrected chi connectivity index (χ3v) is 6.28. The molecule has 0 unspecified atom stereocenters. The van der Waals surface area contributed by atoms with Gasteiger partial charge in [-0.1, -0.05) is 37.7 Å². The zero-order valence-corrected chi connectivity index (χ0v) is 20.4. The Balaban J connectivity index is 1.95. The van der Waals surface area contributed by atoms with E-state index in [2.05, 4.69) is 15.3 Å². The molecule has 2 aromatic heterocycles. The van der Waals surface area contributed by atoms with Gasteiger partial charge in [-0.2, -0.15) is 0 Å². The molecular formula is C23H28FN5O3S. The van der Waals surface area contributed by atoms with Crippen LogP contribution in [-0.2, 0) is 18.4 Å². The summed E-state index contributed by atoms with van der Waals surface area (Å²) in [6.07, 6.45) is 0. The normalized spacial score (nSPS) is 13.3. The van der Waals surface area contributed by atoms with Crippen molar-refractivity contribution in [3.8, 4) is 0 Å². The molecule has 0 aliphatic rings. The van der Waals surface area contributed by atoms with E-state index in [4.69, 9.17) is 0 Å². The van der Waals surface area contributed by atoms with Gasteiger partial charge in [-0.05, 0) is 44.4 Å². The number of benzene rings is 1. The van der Waals surface area contributed by atoms with Crippen molar-refractivity contribution >= 4 is 28.7 Å². The average Bonchev–Trinajstić information content (AvgIpc) is 2.75. The van der Waals surface area contributed by atoms with Gasteiger partial charge in [-0.25, -0.2) is 19.2 Å². The molecule has 176 valence electrons. The number of hydrogen-bond acceptors (Lipinski definition) is 6. The third kappa shape index (κ3) is 5.32. The molecule has 3 aromatic rings. The minimum Gasteiger partial charge on any atom is -0.349 e. The second kappa shape index (κ2) is 9.86. The molecular weight excluding hydrogens is 445 g/mol. The van der Waals surface area contributed by atoms with E-state index < -0.39 is 16.5 Å². The number of hydrogen-bond donors (Lipinski definition) is 1. The number of aryl methyl sites for hydroxylation is 1. The second-order valence-corrected chi connectivity index (χ2v) is 9.80. The molecule has 10 heteroatoms. The lowest BCUT2D eigenvalue weighted by Gasteiger charge is -2.19. The molecule has 2 atom stereocenters. The number of nitrogens with zero attached hydrogens (tertiary/aromatic N) is 4. The number of aromatic nitrogens is 4. The van der Waals surface area contributed by atoms with Crippen LogP contribution in [0.25, 0.3) is 11.0 Å². The van der Waals surface area contributed by atoms with Gasteiger partial charge in [0.05, 0.1) is 11.3 Å². The number of halogens is 1. The summed E-state index contributed by atoms with van der Waals surface area (Å²) in [5.41, 5.74) is 0.120. The van der Waals surface area contributed by atoms with E-state index in [9.17, 15) is 18.8 Å².